The highest BCUT2D eigenvalue weighted by Crippen LogP contribution is 2.26. The van der Waals surface area contributed by atoms with Gasteiger partial charge >= 0.3 is 6.09 Å². The number of likely N-dealkylation sites (N-methyl/N-ethyl adjacent to an activating group) is 1. The van der Waals surface area contributed by atoms with Crippen molar-refractivity contribution in [3.63, 3.8) is 0 Å². The lowest BCUT2D eigenvalue weighted by Gasteiger charge is -2.22. The molecule has 3 aromatic carbocycles. The highest BCUT2D eigenvalue weighted by molar-refractivity contribution is 6.00. The Kier molecular flexibility index (Phi) is 8.23. The zero-order chi connectivity index (χ0) is 25.5. The van der Waals surface area contributed by atoms with Gasteiger partial charge in [-0.3, -0.25) is 4.79 Å². The van der Waals surface area contributed by atoms with Crippen LogP contribution in [-0.2, 0) is 17.9 Å². The maximum atomic E-state index is 13.2. The van der Waals surface area contributed by atoms with Crippen molar-refractivity contribution >= 4 is 17.7 Å². The predicted octanol–water partition coefficient (Wildman–Crippen LogP) is 5.04. The Hall–Kier alpha value is -3.84. The Morgan fingerprint density at radius 1 is 0.972 bits per heavy atom. The smallest absolute Gasteiger partial charge is 0.407 e. The summed E-state index contributed by atoms with van der Waals surface area (Å²) in [5, 5.41) is 9.17. The molecular formula is C29H33N3O4. The minimum Gasteiger partial charge on any atom is -0.465 e. The van der Waals surface area contributed by atoms with Crippen LogP contribution in [0.3, 0.4) is 0 Å². The summed E-state index contributed by atoms with van der Waals surface area (Å²) >= 11 is 0. The van der Waals surface area contributed by atoms with Crippen LogP contribution in [0.5, 0.6) is 0 Å². The first-order valence-electron chi connectivity index (χ1n) is 12.2. The van der Waals surface area contributed by atoms with Gasteiger partial charge in [-0.2, -0.15) is 0 Å². The lowest BCUT2D eigenvalue weighted by Crippen LogP contribution is -2.33. The molecule has 0 saturated heterocycles. The molecule has 1 aliphatic heterocycles. The molecule has 1 atom stereocenters. The first kappa shape index (κ1) is 25.3. The number of rotatable bonds is 9. The van der Waals surface area contributed by atoms with E-state index in [4.69, 9.17) is 9.84 Å². The summed E-state index contributed by atoms with van der Waals surface area (Å²) in [4.78, 5) is 29.6. The summed E-state index contributed by atoms with van der Waals surface area (Å²) in [5.41, 5.74) is 4.83. The molecule has 0 bridgehead atoms. The lowest BCUT2D eigenvalue weighted by molar-refractivity contribution is 0.0287. The lowest BCUT2D eigenvalue weighted by atomic mass is 10.1. The molecule has 0 spiro atoms. The van der Waals surface area contributed by atoms with E-state index in [0.29, 0.717) is 32.7 Å². The number of carboxylic acid groups (broad SMARTS) is 1. The number of para-hydroxylation sites is 1. The normalized spacial score (nSPS) is 14.2. The van der Waals surface area contributed by atoms with Crippen molar-refractivity contribution in [2.45, 2.75) is 25.7 Å². The van der Waals surface area contributed by atoms with E-state index in [9.17, 15) is 9.59 Å². The summed E-state index contributed by atoms with van der Waals surface area (Å²) < 4.78 is 6.23. The van der Waals surface area contributed by atoms with Crippen LogP contribution in [0.25, 0.3) is 0 Å². The topological polar surface area (TPSA) is 73.3 Å². The Bertz CT molecular complexity index is 1170. The van der Waals surface area contributed by atoms with E-state index in [1.807, 2.05) is 90.8 Å². The van der Waals surface area contributed by atoms with Crippen molar-refractivity contribution in [3.8, 4) is 0 Å². The first-order chi connectivity index (χ1) is 17.4. The largest absolute Gasteiger partial charge is 0.465 e. The maximum absolute atomic E-state index is 13.2. The highest BCUT2D eigenvalue weighted by atomic mass is 16.5. The van der Waals surface area contributed by atoms with Crippen molar-refractivity contribution in [3.05, 3.63) is 101 Å². The van der Waals surface area contributed by atoms with Crippen molar-refractivity contribution in [1.82, 2.24) is 9.80 Å². The fraction of sp³-hybridized carbons (Fsp3) is 0.310. The number of hydrogen-bond acceptors (Lipinski definition) is 4. The van der Waals surface area contributed by atoms with Gasteiger partial charge in [0.25, 0.3) is 5.91 Å². The van der Waals surface area contributed by atoms with Gasteiger partial charge in [0.2, 0.25) is 0 Å². The van der Waals surface area contributed by atoms with Crippen molar-refractivity contribution in [2.24, 2.45) is 0 Å². The predicted molar refractivity (Wildman–Crippen MR) is 140 cm³/mol. The molecule has 1 aliphatic rings. The molecule has 0 saturated carbocycles. The van der Waals surface area contributed by atoms with E-state index in [1.165, 1.54) is 4.90 Å². The van der Waals surface area contributed by atoms with Crippen LogP contribution in [0.1, 0.15) is 39.6 Å². The molecule has 0 radical (unpaired) electrons. The molecule has 2 amide bonds. The SMILES string of the molecule is CN(CCC(OCc1ccc(CN2CCN(C)c3ccccc3C2=O)cc1)c1ccccc1)C(=O)O. The molecule has 36 heavy (non-hydrogen) atoms. The third-order valence-corrected chi connectivity index (χ3v) is 6.61. The molecule has 7 nitrogen and oxygen atoms in total. The average molecular weight is 488 g/mol. The van der Waals surface area contributed by atoms with Crippen LogP contribution >= 0.6 is 0 Å². The molecule has 188 valence electrons. The van der Waals surface area contributed by atoms with E-state index in [0.717, 1.165) is 34.5 Å². The Morgan fingerprint density at radius 3 is 2.36 bits per heavy atom. The second-order valence-corrected chi connectivity index (χ2v) is 9.19. The van der Waals surface area contributed by atoms with Crippen LogP contribution < -0.4 is 4.90 Å². The number of anilines is 1. The van der Waals surface area contributed by atoms with Gasteiger partial charge in [-0.1, -0.05) is 66.7 Å². The number of hydrogen-bond donors (Lipinski definition) is 1. The fourth-order valence-electron chi connectivity index (χ4n) is 4.38. The molecular weight excluding hydrogens is 454 g/mol. The van der Waals surface area contributed by atoms with Crippen LogP contribution in [0, 0.1) is 0 Å². The summed E-state index contributed by atoms with van der Waals surface area (Å²) in [6.07, 6.45) is -0.590. The minimum absolute atomic E-state index is 0.0550. The van der Waals surface area contributed by atoms with Crippen molar-refractivity contribution in [2.75, 3.05) is 38.6 Å². The van der Waals surface area contributed by atoms with Gasteiger partial charge < -0.3 is 24.5 Å². The number of fused-ring (bicyclic) bond motifs is 1. The van der Waals surface area contributed by atoms with Crippen LogP contribution in [0.15, 0.2) is 78.9 Å². The molecule has 0 aliphatic carbocycles. The summed E-state index contributed by atoms with van der Waals surface area (Å²) in [7, 11) is 3.58. The average Bonchev–Trinajstić information content (AvgIpc) is 3.02. The minimum atomic E-state index is -0.949. The Labute approximate surface area is 212 Å². The summed E-state index contributed by atoms with van der Waals surface area (Å²) in [5.74, 6) is 0.0550. The van der Waals surface area contributed by atoms with Crippen molar-refractivity contribution in [1.29, 1.82) is 0 Å². The Balaban J connectivity index is 1.38. The summed E-state index contributed by atoms with van der Waals surface area (Å²) in [6.45, 7) is 2.80. The van der Waals surface area contributed by atoms with Gasteiger partial charge in [-0.25, -0.2) is 4.79 Å². The van der Waals surface area contributed by atoms with Crippen LogP contribution in [-0.4, -0.2) is 60.6 Å². The molecule has 0 aromatic heterocycles. The molecule has 3 aromatic rings. The molecule has 4 rings (SSSR count). The van der Waals surface area contributed by atoms with Gasteiger partial charge in [-0.15, -0.1) is 0 Å². The van der Waals surface area contributed by atoms with E-state index >= 15 is 0 Å². The highest BCUT2D eigenvalue weighted by Gasteiger charge is 2.24. The first-order valence-corrected chi connectivity index (χ1v) is 12.2. The Morgan fingerprint density at radius 2 is 1.64 bits per heavy atom. The van der Waals surface area contributed by atoms with Gasteiger partial charge in [0.1, 0.15) is 0 Å². The standard InChI is InChI=1S/C29H33N3O4/c1-30-18-19-32(28(33)25-10-6-7-11-26(25)30)20-22-12-14-23(15-13-22)21-36-27(16-17-31(2)29(34)35)24-8-4-3-5-9-24/h3-15,27H,16-21H2,1-2H3,(H,34,35). The number of amides is 2. The number of benzene rings is 3. The summed E-state index contributed by atoms with van der Waals surface area (Å²) in [6, 6.07) is 25.8. The second-order valence-electron chi connectivity index (χ2n) is 9.19. The number of carbonyl (C=O) groups excluding carboxylic acids is 1. The number of ether oxygens (including phenoxy) is 1. The van der Waals surface area contributed by atoms with Gasteiger partial charge in [-0.05, 0) is 35.2 Å². The zero-order valence-electron chi connectivity index (χ0n) is 20.8. The number of nitrogens with zero attached hydrogens (tertiary/aromatic N) is 3. The fourth-order valence-corrected chi connectivity index (χ4v) is 4.38. The van der Waals surface area contributed by atoms with E-state index in [1.54, 1.807) is 7.05 Å². The van der Waals surface area contributed by atoms with E-state index in [-0.39, 0.29) is 12.0 Å². The van der Waals surface area contributed by atoms with Crippen molar-refractivity contribution < 1.29 is 19.4 Å². The molecule has 1 heterocycles. The molecule has 7 heteroatoms. The quantitative estimate of drug-likeness (QED) is 0.458. The zero-order valence-corrected chi connectivity index (χ0v) is 20.8. The molecule has 1 N–H and O–H groups in total. The number of carbonyl (C=O) groups is 2. The maximum Gasteiger partial charge on any atom is 0.407 e. The van der Waals surface area contributed by atoms with E-state index in [2.05, 4.69) is 4.90 Å². The third kappa shape index (κ3) is 6.23. The van der Waals surface area contributed by atoms with Crippen LogP contribution in [0.2, 0.25) is 0 Å². The molecule has 0 fully saturated rings. The van der Waals surface area contributed by atoms with Crippen LogP contribution in [0.4, 0.5) is 10.5 Å². The van der Waals surface area contributed by atoms with Gasteiger partial charge in [0.15, 0.2) is 0 Å². The van der Waals surface area contributed by atoms with Gasteiger partial charge in [0.05, 0.1) is 18.3 Å². The molecule has 1 unspecified atom stereocenters. The van der Waals surface area contributed by atoms with Gasteiger partial charge in [0, 0.05) is 46.0 Å². The van der Waals surface area contributed by atoms with E-state index < -0.39 is 6.09 Å². The second kappa shape index (κ2) is 11.7. The monoisotopic (exact) mass is 487 g/mol. The third-order valence-electron chi connectivity index (χ3n) is 6.61.